The Labute approximate surface area is 113 Å². The van der Waals surface area contributed by atoms with Crippen molar-refractivity contribution in [3.63, 3.8) is 0 Å². The van der Waals surface area contributed by atoms with E-state index in [1.165, 1.54) is 16.5 Å². The molecule has 0 aliphatic rings. The molecule has 94 valence electrons. The van der Waals surface area contributed by atoms with Crippen molar-refractivity contribution in [2.45, 2.75) is 13.0 Å². The molecule has 1 heteroatoms. The van der Waals surface area contributed by atoms with Crippen LogP contribution in [0.15, 0.2) is 66.7 Å². The molecule has 0 bridgehead atoms. The lowest BCUT2D eigenvalue weighted by Crippen LogP contribution is -1.93. The molecule has 1 nitrogen and oxygen atoms in total. The summed E-state index contributed by atoms with van der Waals surface area (Å²) in [6.45, 7) is 0.0865. The smallest absolute Gasteiger partial charge is 0.0687 e. The molecule has 19 heavy (non-hydrogen) atoms. The Bertz CT molecular complexity index is 686. The lowest BCUT2D eigenvalue weighted by Gasteiger charge is -2.09. The molecule has 0 saturated carbocycles. The van der Waals surface area contributed by atoms with Crippen LogP contribution in [0.4, 0.5) is 0 Å². The second-order valence-corrected chi connectivity index (χ2v) is 4.80. The molecule has 3 aromatic carbocycles. The van der Waals surface area contributed by atoms with Crippen LogP contribution in [-0.4, -0.2) is 5.11 Å². The Morgan fingerprint density at radius 2 is 1.47 bits per heavy atom. The van der Waals surface area contributed by atoms with E-state index in [1.807, 2.05) is 18.2 Å². The molecular weight excluding hydrogens is 232 g/mol. The summed E-state index contributed by atoms with van der Waals surface area (Å²) in [6, 6.07) is 22.9. The Kier molecular flexibility index (Phi) is 3.30. The van der Waals surface area contributed by atoms with E-state index in [0.717, 1.165) is 17.4 Å². The van der Waals surface area contributed by atoms with E-state index in [4.69, 9.17) is 0 Å². The van der Waals surface area contributed by atoms with Gasteiger partial charge in [-0.05, 0) is 33.9 Å². The van der Waals surface area contributed by atoms with E-state index in [0.29, 0.717) is 0 Å². The molecule has 0 aliphatic heterocycles. The van der Waals surface area contributed by atoms with Crippen LogP contribution in [0.5, 0.6) is 0 Å². The lowest BCUT2D eigenvalue weighted by molar-refractivity contribution is 0.283. The number of benzene rings is 3. The molecule has 0 saturated heterocycles. The standard InChI is InChI=1S/C18H16O/c19-13-17-12-15(10-14-6-2-1-3-7-14)11-16-8-4-5-9-18(16)17/h1-9,11-12,19H,10,13H2. The van der Waals surface area contributed by atoms with Crippen molar-refractivity contribution in [2.75, 3.05) is 0 Å². The van der Waals surface area contributed by atoms with Gasteiger partial charge in [-0.2, -0.15) is 0 Å². The first-order valence-corrected chi connectivity index (χ1v) is 6.52. The van der Waals surface area contributed by atoms with Crippen molar-refractivity contribution in [1.29, 1.82) is 0 Å². The Morgan fingerprint density at radius 3 is 2.26 bits per heavy atom. The van der Waals surface area contributed by atoms with Gasteiger partial charge in [-0.3, -0.25) is 0 Å². The molecule has 1 N–H and O–H groups in total. The van der Waals surface area contributed by atoms with Crippen LogP contribution >= 0.6 is 0 Å². The second-order valence-electron chi connectivity index (χ2n) is 4.80. The summed E-state index contributed by atoms with van der Waals surface area (Å²) in [5.41, 5.74) is 3.54. The number of aliphatic hydroxyl groups is 1. The molecule has 0 heterocycles. The van der Waals surface area contributed by atoms with E-state index in [-0.39, 0.29) is 6.61 Å². The minimum Gasteiger partial charge on any atom is -0.392 e. The third-order valence-corrected chi connectivity index (χ3v) is 3.43. The van der Waals surface area contributed by atoms with Gasteiger partial charge in [0.2, 0.25) is 0 Å². The van der Waals surface area contributed by atoms with Gasteiger partial charge in [-0.15, -0.1) is 0 Å². The second kappa shape index (κ2) is 5.25. The van der Waals surface area contributed by atoms with E-state index in [2.05, 4.69) is 48.5 Å². The average Bonchev–Trinajstić information content (AvgIpc) is 2.47. The lowest BCUT2D eigenvalue weighted by atomic mass is 9.97. The molecule has 0 spiro atoms. The first-order chi connectivity index (χ1) is 9.36. The van der Waals surface area contributed by atoms with Crippen LogP contribution in [-0.2, 0) is 13.0 Å². The van der Waals surface area contributed by atoms with Gasteiger partial charge < -0.3 is 5.11 Å². The van der Waals surface area contributed by atoms with E-state index in [9.17, 15) is 5.11 Å². The molecule has 3 rings (SSSR count). The van der Waals surface area contributed by atoms with Gasteiger partial charge in [0, 0.05) is 0 Å². The molecule has 3 aromatic rings. The maximum atomic E-state index is 9.53. The number of hydrogen-bond acceptors (Lipinski definition) is 1. The van der Waals surface area contributed by atoms with Crippen LogP contribution in [0.1, 0.15) is 16.7 Å². The third-order valence-electron chi connectivity index (χ3n) is 3.43. The zero-order valence-electron chi connectivity index (χ0n) is 10.7. The topological polar surface area (TPSA) is 20.2 Å². The van der Waals surface area contributed by atoms with Gasteiger partial charge >= 0.3 is 0 Å². The molecule has 0 fully saturated rings. The molecule has 0 amide bonds. The fourth-order valence-corrected chi connectivity index (χ4v) is 2.52. The van der Waals surface area contributed by atoms with Gasteiger partial charge in [0.25, 0.3) is 0 Å². The van der Waals surface area contributed by atoms with Crippen molar-refractivity contribution < 1.29 is 5.11 Å². The summed E-state index contributed by atoms with van der Waals surface area (Å²) in [4.78, 5) is 0. The van der Waals surface area contributed by atoms with Crippen LogP contribution < -0.4 is 0 Å². The highest BCUT2D eigenvalue weighted by Gasteiger charge is 2.04. The highest BCUT2D eigenvalue weighted by atomic mass is 16.3. The summed E-state index contributed by atoms with van der Waals surface area (Å²) in [5, 5.41) is 11.9. The molecule has 0 aromatic heterocycles. The summed E-state index contributed by atoms with van der Waals surface area (Å²) in [7, 11) is 0. The van der Waals surface area contributed by atoms with Gasteiger partial charge in [-0.1, -0.05) is 66.7 Å². The van der Waals surface area contributed by atoms with E-state index in [1.54, 1.807) is 0 Å². The summed E-state index contributed by atoms with van der Waals surface area (Å²) in [6.07, 6.45) is 0.901. The Balaban J connectivity index is 2.05. The highest BCUT2D eigenvalue weighted by Crippen LogP contribution is 2.22. The van der Waals surface area contributed by atoms with Gasteiger partial charge in [0.15, 0.2) is 0 Å². The first kappa shape index (κ1) is 11.9. The van der Waals surface area contributed by atoms with Crippen molar-refractivity contribution in [3.8, 4) is 0 Å². The zero-order chi connectivity index (χ0) is 13.1. The van der Waals surface area contributed by atoms with Crippen molar-refractivity contribution in [3.05, 3.63) is 83.4 Å². The fraction of sp³-hybridized carbons (Fsp3) is 0.111. The zero-order valence-corrected chi connectivity index (χ0v) is 10.7. The summed E-state index contributed by atoms with van der Waals surface area (Å²) in [5.74, 6) is 0. The first-order valence-electron chi connectivity index (χ1n) is 6.52. The van der Waals surface area contributed by atoms with Gasteiger partial charge in [0.05, 0.1) is 6.61 Å². The molecule has 0 radical (unpaired) electrons. The normalized spacial score (nSPS) is 10.8. The molecule has 0 atom stereocenters. The van der Waals surface area contributed by atoms with E-state index < -0.39 is 0 Å². The molecule has 0 aliphatic carbocycles. The highest BCUT2D eigenvalue weighted by molar-refractivity contribution is 5.86. The average molecular weight is 248 g/mol. The summed E-state index contributed by atoms with van der Waals surface area (Å²) < 4.78 is 0. The number of rotatable bonds is 3. The minimum absolute atomic E-state index is 0.0865. The molecule has 0 unspecified atom stereocenters. The Morgan fingerprint density at radius 1 is 0.737 bits per heavy atom. The summed E-state index contributed by atoms with van der Waals surface area (Å²) >= 11 is 0. The maximum Gasteiger partial charge on any atom is 0.0687 e. The van der Waals surface area contributed by atoms with Gasteiger partial charge in [-0.25, -0.2) is 0 Å². The number of hydrogen-bond donors (Lipinski definition) is 1. The third kappa shape index (κ3) is 2.51. The SMILES string of the molecule is OCc1cc(Cc2ccccc2)cc2ccccc12. The largest absolute Gasteiger partial charge is 0.392 e. The Hall–Kier alpha value is -2.12. The number of aliphatic hydroxyl groups excluding tert-OH is 1. The predicted molar refractivity (Wildman–Crippen MR) is 79.1 cm³/mol. The van der Waals surface area contributed by atoms with Crippen LogP contribution in [0.3, 0.4) is 0 Å². The van der Waals surface area contributed by atoms with Crippen LogP contribution in [0.2, 0.25) is 0 Å². The van der Waals surface area contributed by atoms with Crippen molar-refractivity contribution in [1.82, 2.24) is 0 Å². The monoisotopic (exact) mass is 248 g/mol. The maximum absolute atomic E-state index is 9.53. The van der Waals surface area contributed by atoms with Crippen molar-refractivity contribution >= 4 is 10.8 Å². The predicted octanol–water partition coefficient (Wildman–Crippen LogP) is 3.92. The minimum atomic E-state index is 0.0865. The van der Waals surface area contributed by atoms with Crippen LogP contribution in [0.25, 0.3) is 10.8 Å². The number of fused-ring (bicyclic) bond motifs is 1. The van der Waals surface area contributed by atoms with E-state index >= 15 is 0 Å². The van der Waals surface area contributed by atoms with Crippen molar-refractivity contribution in [2.24, 2.45) is 0 Å². The fourth-order valence-electron chi connectivity index (χ4n) is 2.52. The quantitative estimate of drug-likeness (QED) is 0.744. The van der Waals surface area contributed by atoms with Gasteiger partial charge in [0.1, 0.15) is 0 Å². The van der Waals surface area contributed by atoms with Crippen LogP contribution in [0, 0.1) is 0 Å². The molecular formula is C18H16O.